The normalized spacial score (nSPS) is 25.2. The van der Waals surface area contributed by atoms with Crippen LogP contribution in [0.15, 0.2) is 0 Å². The van der Waals surface area contributed by atoms with Crippen LogP contribution in [0.2, 0.25) is 0 Å². The zero-order valence-corrected chi connectivity index (χ0v) is 15.9. The summed E-state index contributed by atoms with van der Waals surface area (Å²) in [5, 5.41) is 9.49. The molecule has 2 atom stereocenters. The monoisotopic (exact) mass is 339 g/mol. The van der Waals surface area contributed by atoms with E-state index in [1.807, 2.05) is 6.92 Å². The maximum Gasteiger partial charge on any atom is 0.236 e. The molecular formula is C19H37N3O2. The second kappa shape index (κ2) is 9.73. The number of β-amino-alcohol motifs (C(OH)–C–C–N with tert-alkyl or cyclic N) is 1. The Hall–Kier alpha value is -0.650. The Kier molecular flexibility index (Phi) is 7.98. The van der Waals surface area contributed by atoms with Gasteiger partial charge in [-0.25, -0.2) is 0 Å². The van der Waals surface area contributed by atoms with Crippen LogP contribution in [0.5, 0.6) is 0 Å². The predicted octanol–water partition coefficient (Wildman–Crippen LogP) is 1.80. The molecule has 1 amide bonds. The fourth-order valence-electron chi connectivity index (χ4n) is 4.31. The van der Waals surface area contributed by atoms with E-state index in [-0.39, 0.29) is 6.10 Å². The van der Waals surface area contributed by atoms with Crippen LogP contribution in [-0.4, -0.2) is 84.2 Å². The summed E-state index contributed by atoms with van der Waals surface area (Å²) in [4.78, 5) is 19.3. The fraction of sp³-hybridized carbons (Fsp3) is 0.947. The molecule has 0 aliphatic carbocycles. The van der Waals surface area contributed by atoms with Gasteiger partial charge in [0, 0.05) is 25.7 Å². The van der Waals surface area contributed by atoms with Gasteiger partial charge in [-0.2, -0.15) is 0 Å². The van der Waals surface area contributed by atoms with E-state index in [1.54, 1.807) is 0 Å². The van der Waals surface area contributed by atoms with Gasteiger partial charge in [-0.1, -0.05) is 6.92 Å². The molecule has 2 aliphatic rings. The Morgan fingerprint density at radius 2 is 1.92 bits per heavy atom. The van der Waals surface area contributed by atoms with Crippen LogP contribution in [0.3, 0.4) is 0 Å². The summed E-state index contributed by atoms with van der Waals surface area (Å²) in [7, 11) is 2.09. The summed E-state index contributed by atoms with van der Waals surface area (Å²) in [6.45, 7) is 9.50. The third-order valence-corrected chi connectivity index (χ3v) is 5.62. The van der Waals surface area contributed by atoms with Gasteiger partial charge in [0.2, 0.25) is 5.91 Å². The summed E-state index contributed by atoms with van der Waals surface area (Å²) in [5.74, 6) is 0.993. The van der Waals surface area contributed by atoms with Crippen LogP contribution >= 0.6 is 0 Å². The second-order valence-corrected chi connectivity index (χ2v) is 7.93. The predicted molar refractivity (Wildman–Crippen MR) is 98.0 cm³/mol. The largest absolute Gasteiger partial charge is 0.392 e. The maximum absolute atomic E-state index is 12.6. The highest BCUT2D eigenvalue weighted by Gasteiger charge is 2.27. The highest BCUT2D eigenvalue weighted by Crippen LogP contribution is 2.21. The lowest BCUT2D eigenvalue weighted by Crippen LogP contribution is -2.48. The number of piperidine rings is 2. The zero-order valence-electron chi connectivity index (χ0n) is 15.9. The van der Waals surface area contributed by atoms with Crippen molar-refractivity contribution >= 4 is 5.91 Å². The molecule has 5 nitrogen and oxygen atoms in total. The SMILES string of the molecule is CC[C@H]1CCCCN1C(=O)CN(C)CC1CCN(C[C@@H](C)O)CC1. The molecule has 24 heavy (non-hydrogen) atoms. The van der Waals surface area contributed by atoms with Crippen molar-refractivity contribution in [3.05, 3.63) is 0 Å². The minimum atomic E-state index is -0.238. The van der Waals surface area contributed by atoms with Crippen LogP contribution in [-0.2, 0) is 4.79 Å². The summed E-state index contributed by atoms with van der Waals surface area (Å²) >= 11 is 0. The van der Waals surface area contributed by atoms with Crippen molar-refractivity contribution in [2.24, 2.45) is 5.92 Å². The number of likely N-dealkylation sites (tertiary alicyclic amines) is 2. The van der Waals surface area contributed by atoms with Gasteiger partial charge in [0.1, 0.15) is 0 Å². The lowest BCUT2D eigenvalue weighted by atomic mass is 9.96. The van der Waals surface area contributed by atoms with E-state index in [9.17, 15) is 9.90 Å². The van der Waals surface area contributed by atoms with Crippen LogP contribution in [0.4, 0.5) is 0 Å². The smallest absolute Gasteiger partial charge is 0.236 e. The van der Waals surface area contributed by atoms with E-state index < -0.39 is 0 Å². The zero-order chi connectivity index (χ0) is 17.5. The number of amides is 1. The molecule has 0 unspecified atom stereocenters. The molecule has 0 radical (unpaired) electrons. The van der Waals surface area contributed by atoms with Gasteiger partial charge in [-0.3, -0.25) is 9.69 Å². The van der Waals surface area contributed by atoms with Gasteiger partial charge < -0.3 is 14.9 Å². The van der Waals surface area contributed by atoms with Gasteiger partial charge in [-0.15, -0.1) is 0 Å². The average Bonchev–Trinajstić information content (AvgIpc) is 2.56. The molecule has 0 saturated carbocycles. The number of carbonyl (C=O) groups is 1. The molecule has 2 rings (SSSR count). The number of nitrogens with zero attached hydrogens (tertiary/aromatic N) is 3. The van der Waals surface area contributed by atoms with Crippen molar-refractivity contribution in [3.8, 4) is 0 Å². The number of aliphatic hydroxyl groups excluding tert-OH is 1. The Balaban J connectivity index is 1.71. The Morgan fingerprint density at radius 1 is 1.21 bits per heavy atom. The number of carbonyl (C=O) groups excluding carboxylic acids is 1. The second-order valence-electron chi connectivity index (χ2n) is 7.93. The molecule has 0 aromatic heterocycles. The van der Waals surface area contributed by atoms with Crippen LogP contribution < -0.4 is 0 Å². The maximum atomic E-state index is 12.6. The minimum absolute atomic E-state index is 0.238. The molecule has 0 aromatic carbocycles. The van der Waals surface area contributed by atoms with Gasteiger partial charge in [-0.05, 0) is 71.5 Å². The van der Waals surface area contributed by atoms with E-state index >= 15 is 0 Å². The van der Waals surface area contributed by atoms with Crippen molar-refractivity contribution in [3.63, 3.8) is 0 Å². The standard InChI is InChI=1S/C19H37N3O2/c1-4-18-7-5-6-10-22(18)19(24)15-20(3)14-17-8-11-21(12-9-17)13-16(2)23/h16-18,23H,4-15H2,1-3H3/t16-,18+/m1/s1. The highest BCUT2D eigenvalue weighted by molar-refractivity contribution is 5.78. The summed E-state index contributed by atoms with van der Waals surface area (Å²) in [5.41, 5.74) is 0. The number of rotatable bonds is 7. The Labute approximate surface area is 148 Å². The van der Waals surface area contributed by atoms with Crippen LogP contribution in [0.25, 0.3) is 0 Å². The van der Waals surface area contributed by atoms with Crippen molar-refractivity contribution < 1.29 is 9.90 Å². The van der Waals surface area contributed by atoms with Gasteiger partial charge in [0.15, 0.2) is 0 Å². The molecule has 0 aromatic rings. The number of aliphatic hydroxyl groups is 1. The Bertz CT molecular complexity index is 381. The molecule has 5 heteroatoms. The molecule has 0 spiro atoms. The molecule has 0 bridgehead atoms. The number of likely N-dealkylation sites (N-methyl/N-ethyl adjacent to an activating group) is 1. The molecular weight excluding hydrogens is 302 g/mol. The highest BCUT2D eigenvalue weighted by atomic mass is 16.3. The van der Waals surface area contributed by atoms with E-state index in [1.165, 1.54) is 25.7 Å². The van der Waals surface area contributed by atoms with Crippen molar-refractivity contribution in [2.45, 2.75) is 64.5 Å². The molecule has 2 aliphatic heterocycles. The summed E-state index contributed by atoms with van der Waals surface area (Å²) < 4.78 is 0. The molecule has 2 fully saturated rings. The molecule has 2 heterocycles. The first kappa shape index (κ1) is 19.7. The van der Waals surface area contributed by atoms with E-state index in [0.717, 1.165) is 45.6 Å². The van der Waals surface area contributed by atoms with E-state index in [4.69, 9.17) is 0 Å². The first-order valence-electron chi connectivity index (χ1n) is 9.88. The van der Waals surface area contributed by atoms with Gasteiger partial charge in [0.25, 0.3) is 0 Å². The summed E-state index contributed by atoms with van der Waals surface area (Å²) in [6, 6.07) is 0.461. The molecule has 2 saturated heterocycles. The van der Waals surface area contributed by atoms with E-state index in [0.29, 0.717) is 24.4 Å². The topological polar surface area (TPSA) is 47.0 Å². The first-order valence-corrected chi connectivity index (χ1v) is 9.88. The molecule has 140 valence electrons. The van der Waals surface area contributed by atoms with Crippen molar-refractivity contribution in [1.82, 2.24) is 14.7 Å². The first-order chi connectivity index (χ1) is 11.5. The number of hydrogen-bond donors (Lipinski definition) is 1. The quantitative estimate of drug-likeness (QED) is 0.768. The van der Waals surface area contributed by atoms with Crippen molar-refractivity contribution in [2.75, 3.05) is 46.3 Å². The third-order valence-electron chi connectivity index (χ3n) is 5.62. The van der Waals surface area contributed by atoms with Crippen LogP contribution in [0.1, 0.15) is 52.4 Å². The Morgan fingerprint density at radius 3 is 2.54 bits per heavy atom. The van der Waals surface area contributed by atoms with Crippen LogP contribution in [0, 0.1) is 5.92 Å². The lowest BCUT2D eigenvalue weighted by molar-refractivity contribution is -0.136. The number of hydrogen-bond acceptors (Lipinski definition) is 4. The molecule has 1 N–H and O–H groups in total. The third kappa shape index (κ3) is 6.01. The minimum Gasteiger partial charge on any atom is -0.392 e. The van der Waals surface area contributed by atoms with Gasteiger partial charge in [0.05, 0.1) is 12.6 Å². The van der Waals surface area contributed by atoms with E-state index in [2.05, 4.69) is 28.7 Å². The average molecular weight is 340 g/mol. The fourth-order valence-corrected chi connectivity index (χ4v) is 4.31. The van der Waals surface area contributed by atoms with Crippen molar-refractivity contribution in [1.29, 1.82) is 0 Å². The van der Waals surface area contributed by atoms with Gasteiger partial charge >= 0.3 is 0 Å². The lowest BCUT2D eigenvalue weighted by Gasteiger charge is -2.37. The summed E-state index contributed by atoms with van der Waals surface area (Å²) in [6.07, 6.45) is 6.79.